The molecule has 0 atom stereocenters. The predicted octanol–water partition coefficient (Wildman–Crippen LogP) is 2.25. The number of benzene rings is 1. The van der Waals surface area contributed by atoms with Crippen molar-refractivity contribution in [1.82, 2.24) is 5.32 Å². The van der Waals surface area contributed by atoms with Gasteiger partial charge in [0, 0.05) is 12.1 Å². The van der Waals surface area contributed by atoms with Crippen LogP contribution in [0.1, 0.15) is 18.4 Å². The minimum Gasteiger partial charge on any atom is -0.504 e. The van der Waals surface area contributed by atoms with Crippen LogP contribution in [0.3, 0.4) is 0 Å². The molecular formula is C15H17NO3. The van der Waals surface area contributed by atoms with Crippen molar-refractivity contribution in [1.29, 1.82) is 0 Å². The number of methoxy groups -OCH3 is 1. The molecule has 1 aromatic rings. The van der Waals surface area contributed by atoms with Gasteiger partial charge in [0.05, 0.1) is 7.11 Å². The molecule has 0 radical (unpaired) electrons. The first-order chi connectivity index (χ1) is 9.19. The number of ether oxygens (including phenoxy) is 1. The molecule has 100 valence electrons. The van der Waals surface area contributed by atoms with Gasteiger partial charge in [-0.3, -0.25) is 4.79 Å². The molecule has 1 amide bonds. The molecule has 1 aliphatic rings. The van der Waals surface area contributed by atoms with Gasteiger partial charge in [-0.25, -0.2) is 0 Å². The molecule has 0 unspecified atom stereocenters. The van der Waals surface area contributed by atoms with E-state index in [4.69, 9.17) is 4.74 Å². The molecule has 1 aliphatic carbocycles. The van der Waals surface area contributed by atoms with Crippen molar-refractivity contribution in [2.45, 2.75) is 18.9 Å². The van der Waals surface area contributed by atoms with Gasteiger partial charge in [-0.05, 0) is 36.6 Å². The van der Waals surface area contributed by atoms with Crippen LogP contribution in [0, 0.1) is 0 Å². The molecule has 2 rings (SSSR count). The SMILES string of the molecule is COc1ccc(C=CC(=O)NC2CC=CC2)cc1O. The van der Waals surface area contributed by atoms with Crippen molar-refractivity contribution >= 4 is 12.0 Å². The molecule has 4 heteroatoms. The zero-order chi connectivity index (χ0) is 13.7. The topological polar surface area (TPSA) is 58.6 Å². The number of phenols is 1. The van der Waals surface area contributed by atoms with E-state index in [9.17, 15) is 9.90 Å². The molecule has 1 aromatic carbocycles. The standard InChI is InChI=1S/C15H17NO3/c1-19-14-8-6-11(10-13(14)17)7-9-15(18)16-12-4-2-3-5-12/h2-3,6-10,12,17H,4-5H2,1H3,(H,16,18). The fourth-order valence-electron chi connectivity index (χ4n) is 1.97. The molecule has 0 saturated heterocycles. The van der Waals surface area contributed by atoms with E-state index in [1.807, 2.05) is 0 Å². The van der Waals surface area contributed by atoms with E-state index >= 15 is 0 Å². The molecule has 2 N–H and O–H groups in total. The van der Waals surface area contributed by atoms with Crippen molar-refractivity contribution in [3.63, 3.8) is 0 Å². The average molecular weight is 259 g/mol. The second-order valence-electron chi connectivity index (χ2n) is 4.41. The Morgan fingerprint density at radius 3 is 2.79 bits per heavy atom. The van der Waals surface area contributed by atoms with Crippen molar-refractivity contribution in [2.75, 3.05) is 7.11 Å². The summed E-state index contributed by atoms with van der Waals surface area (Å²) in [7, 11) is 1.49. The Labute approximate surface area is 112 Å². The number of hydrogen-bond acceptors (Lipinski definition) is 3. The smallest absolute Gasteiger partial charge is 0.244 e. The highest BCUT2D eigenvalue weighted by Crippen LogP contribution is 2.26. The molecule has 0 aromatic heterocycles. The lowest BCUT2D eigenvalue weighted by Crippen LogP contribution is -2.31. The van der Waals surface area contributed by atoms with Crippen LogP contribution >= 0.6 is 0 Å². The first-order valence-corrected chi connectivity index (χ1v) is 6.19. The minimum absolute atomic E-state index is 0.0602. The van der Waals surface area contributed by atoms with Crippen LogP contribution in [0.25, 0.3) is 6.08 Å². The lowest BCUT2D eigenvalue weighted by molar-refractivity contribution is -0.117. The number of amides is 1. The molecule has 0 fully saturated rings. The number of rotatable bonds is 4. The van der Waals surface area contributed by atoms with E-state index in [1.165, 1.54) is 13.2 Å². The van der Waals surface area contributed by atoms with Crippen molar-refractivity contribution in [2.24, 2.45) is 0 Å². The Morgan fingerprint density at radius 1 is 1.42 bits per heavy atom. The van der Waals surface area contributed by atoms with Crippen molar-refractivity contribution < 1.29 is 14.6 Å². The van der Waals surface area contributed by atoms with Crippen LogP contribution in [0.5, 0.6) is 11.5 Å². The first kappa shape index (κ1) is 13.2. The lowest BCUT2D eigenvalue weighted by Gasteiger charge is -2.09. The third-order valence-corrected chi connectivity index (χ3v) is 2.98. The van der Waals surface area contributed by atoms with Gasteiger partial charge in [0.25, 0.3) is 0 Å². The van der Waals surface area contributed by atoms with Crippen LogP contribution in [-0.4, -0.2) is 24.2 Å². The second-order valence-corrected chi connectivity index (χ2v) is 4.41. The number of aromatic hydroxyl groups is 1. The molecule has 0 saturated carbocycles. The summed E-state index contributed by atoms with van der Waals surface area (Å²) >= 11 is 0. The van der Waals surface area contributed by atoms with Gasteiger partial charge in [-0.15, -0.1) is 0 Å². The maximum Gasteiger partial charge on any atom is 0.244 e. The summed E-state index contributed by atoms with van der Waals surface area (Å²) in [6.45, 7) is 0. The third kappa shape index (κ3) is 3.61. The normalized spacial score (nSPS) is 15.0. The monoisotopic (exact) mass is 259 g/mol. The van der Waals surface area contributed by atoms with Crippen LogP contribution < -0.4 is 10.1 Å². The zero-order valence-electron chi connectivity index (χ0n) is 10.8. The van der Waals surface area contributed by atoms with Gasteiger partial charge in [-0.2, -0.15) is 0 Å². The predicted molar refractivity (Wildman–Crippen MR) is 74.0 cm³/mol. The maximum atomic E-state index is 11.7. The Hall–Kier alpha value is -2.23. The molecule has 0 aliphatic heterocycles. The number of phenolic OH excluding ortho intramolecular Hbond substituents is 1. The first-order valence-electron chi connectivity index (χ1n) is 6.19. The van der Waals surface area contributed by atoms with Gasteiger partial charge in [0.2, 0.25) is 5.91 Å². The number of nitrogens with one attached hydrogen (secondary N) is 1. The Morgan fingerprint density at radius 2 is 2.16 bits per heavy atom. The van der Waals surface area contributed by atoms with Crippen molar-refractivity contribution in [3.8, 4) is 11.5 Å². The van der Waals surface area contributed by atoms with E-state index < -0.39 is 0 Å². The zero-order valence-corrected chi connectivity index (χ0v) is 10.8. The molecule has 0 bridgehead atoms. The summed E-state index contributed by atoms with van der Waals surface area (Å²) < 4.78 is 4.95. The summed E-state index contributed by atoms with van der Waals surface area (Å²) in [4.78, 5) is 11.7. The van der Waals surface area contributed by atoms with Gasteiger partial charge >= 0.3 is 0 Å². The van der Waals surface area contributed by atoms with Crippen LogP contribution in [0.4, 0.5) is 0 Å². The van der Waals surface area contributed by atoms with E-state index in [1.54, 1.807) is 24.3 Å². The minimum atomic E-state index is -0.121. The quantitative estimate of drug-likeness (QED) is 0.644. The fraction of sp³-hybridized carbons (Fsp3) is 0.267. The summed E-state index contributed by atoms with van der Waals surface area (Å²) in [5, 5.41) is 12.5. The van der Waals surface area contributed by atoms with Gasteiger partial charge in [-0.1, -0.05) is 18.2 Å². The number of hydrogen-bond donors (Lipinski definition) is 2. The van der Waals surface area contributed by atoms with Crippen LogP contribution in [0.2, 0.25) is 0 Å². The summed E-state index contributed by atoms with van der Waals surface area (Å²) in [5.41, 5.74) is 0.748. The Bertz CT molecular complexity index is 512. The van der Waals surface area contributed by atoms with Gasteiger partial charge in [0.15, 0.2) is 11.5 Å². The second kappa shape index (κ2) is 6.09. The number of carbonyl (C=O) groups is 1. The van der Waals surface area contributed by atoms with E-state index in [-0.39, 0.29) is 17.7 Å². The maximum absolute atomic E-state index is 11.7. The summed E-state index contributed by atoms with van der Waals surface area (Å²) in [6.07, 6.45) is 9.05. The molecule has 19 heavy (non-hydrogen) atoms. The highest BCUT2D eigenvalue weighted by atomic mass is 16.5. The highest BCUT2D eigenvalue weighted by Gasteiger charge is 2.11. The van der Waals surface area contributed by atoms with E-state index in [0.717, 1.165) is 18.4 Å². The molecule has 0 spiro atoms. The Balaban J connectivity index is 1.94. The number of carbonyl (C=O) groups excluding carboxylic acids is 1. The van der Waals surface area contributed by atoms with E-state index in [2.05, 4.69) is 17.5 Å². The van der Waals surface area contributed by atoms with Gasteiger partial charge < -0.3 is 15.2 Å². The van der Waals surface area contributed by atoms with E-state index in [0.29, 0.717) is 5.75 Å². The molecule has 4 nitrogen and oxygen atoms in total. The Kier molecular flexibility index (Phi) is 4.23. The lowest BCUT2D eigenvalue weighted by atomic mass is 10.2. The molecule has 0 heterocycles. The van der Waals surface area contributed by atoms with Crippen LogP contribution in [0.15, 0.2) is 36.4 Å². The van der Waals surface area contributed by atoms with Gasteiger partial charge in [0.1, 0.15) is 0 Å². The summed E-state index contributed by atoms with van der Waals surface area (Å²) in [6, 6.07) is 5.20. The van der Waals surface area contributed by atoms with Crippen LogP contribution in [-0.2, 0) is 4.79 Å². The average Bonchev–Trinajstić information content (AvgIpc) is 2.89. The summed E-state index contributed by atoms with van der Waals surface area (Å²) in [5.74, 6) is 0.354. The highest BCUT2D eigenvalue weighted by molar-refractivity contribution is 5.92. The molecular weight excluding hydrogens is 242 g/mol. The third-order valence-electron chi connectivity index (χ3n) is 2.98. The van der Waals surface area contributed by atoms with Crippen molar-refractivity contribution in [3.05, 3.63) is 42.0 Å². The largest absolute Gasteiger partial charge is 0.504 e. The fourth-order valence-corrected chi connectivity index (χ4v) is 1.97.